The van der Waals surface area contributed by atoms with Gasteiger partial charge in [-0.3, -0.25) is 9.59 Å². The van der Waals surface area contributed by atoms with Gasteiger partial charge in [-0.05, 0) is 26.7 Å². The van der Waals surface area contributed by atoms with E-state index in [2.05, 4.69) is 15.6 Å². The van der Waals surface area contributed by atoms with Crippen molar-refractivity contribution in [1.82, 2.24) is 20.5 Å². The highest BCUT2D eigenvalue weighted by molar-refractivity contribution is 7.07. The molecule has 1 aromatic heterocycles. The van der Waals surface area contributed by atoms with Crippen LogP contribution in [-0.2, 0) is 20.7 Å². The lowest BCUT2D eigenvalue weighted by molar-refractivity contribution is -0.137. The average molecular weight is 366 g/mol. The first-order valence-corrected chi connectivity index (χ1v) is 9.35. The lowest BCUT2D eigenvalue weighted by Crippen LogP contribution is -2.55. The zero-order valence-electron chi connectivity index (χ0n) is 14.2. The minimum Gasteiger partial charge on any atom is -0.444 e. The Morgan fingerprint density at radius 3 is 2.88 bits per heavy atom. The van der Waals surface area contributed by atoms with Gasteiger partial charge in [0, 0.05) is 24.4 Å². The minimum absolute atomic E-state index is 0.107. The number of likely N-dealkylation sites (tertiary alicyclic amines) is 1. The fourth-order valence-corrected chi connectivity index (χ4v) is 3.84. The number of carbonyl (C=O) groups excluding carboxylic acids is 3. The largest absolute Gasteiger partial charge is 0.444 e. The standard InChI is InChI=1S/C16H22N4O4S/c1-9-4-3-5-20(9)15(22)12(6-11-7-25-8-17-11)18-14(21)13-10(2)24-16(23)19-13/h7-10,12-13H,3-6H2,1-2H3,(H,18,21)(H,19,23)/t9-,10+,12-,13?/m1/s1. The summed E-state index contributed by atoms with van der Waals surface area (Å²) in [6.07, 6.45) is 1.06. The van der Waals surface area contributed by atoms with Gasteiger partial charge in [0.05, 0.1) is 11.2 Å². The summed E-state index contributed by atoms with van der Waals surface area (Å²) >= 11 is 1.45. The predicted molar refractivity (Wildman–Crippen MR) is 91.0 cm³/mol. The quantitative estimate of drug-likeness (QED) is 0.798. The molecule has 0 saturated carbocycles. The first-order chi connectivity index (χ1) is 12.0. The van der Waals surface area contributed by atoms with Gasteiger partial charge >= 0.3 is 6.09 Å². The third kappa shape index (κ3) is 3.92. The van der Waals surface area contributed by atoms with Gasteiger partial charge in [-0.2, -0.15) is 0 Å². The molecule has 0 spiro atoms. The van der Waals surface area contributed by atoms with Crippen molar-refractivity contribution in [3.05, 3.63) is 16.6 Å². The lowest BCUT2D eigenvalue weighted by Gasteiger charge is -2.28. The van der Waals surface area contributed by atoms with Gasteiger partial charge in [0.15, 0.2) is 0 Å². The van der Waals surface area contributed by atoms with Crippen molar-refractivity contribution in [2.24, 2.45) is 0 Å². The van der Waals surface area contributed by atoms with Crippen molar-refractivity contribution in [1.29, 1.82) is 0 Å². The van der Waals surface area contributed by atoms with Crippen LogP contribution in [0.15, 0.2) is 10.9 Å². The molecule has 2 N–H and O–H groups in total. The molecule has 25 heavy (non-hydrogen) atoms. The van der Waals surface area contributed by atoms with E-state index in [1.807, 2.05) is 17.2 Å². The van der Waals surface area contributed by atoms with Crippen molar-refractivity contribution in [3.8, 4) is 0 Å². The number of thiazole rings is 1. The minimum atomic E-state index is -0.797. The third-order valence-electron chi connectivity index (χ3n) is 4.67. The first kappa shape index (κ1) is 17.7. The molecule has 2 saturated heterocycles. The topological polar surface area (TPSA) is 101 Å². The Morgan fingerprint density at radius 1 is 1.52 bits per heavy atom. The van der Waals surface area contributed by atoms with Crippen LogP contribution in [0, 0.1) is 0 Å². The second kappa shape index (κ2) is 7.38. The molecule has 1 unspecified atom stereocenters. The fraction of sp³-hybridized carbons (Fsp3) is 0.625. The third-order valence-corrected chi connectivity index (χ3v) is 5.30. The van der Waals surface area contributed by atoms with Crippen molar-refractivity contribution in [3.63, 3.8) is 0 Å². The maximum atomic E-state index is 12.9. The SMILES string of the molecule is C[C@@H]1OC(=O)NC1C(=O)N[C@H](Cc1cscn1)C(=O)N1CCC[C@H]1C. The number of amides is 3. The molecular formula is C16H22N4O4S. The Balaban J connectivity index is 1.72. The monoisotopic (exact) mass is 366 g/mol. The van der Waals surface area contributed by atoms with E-state index in [9.17, 15) is 14.4 Å². The van der Waals surface area contributed by atoms with E-state index in [-0.39, 0.29) is 11.9 Å². The molecule has 9 heteroatoms. The summed E-state index contributed by atoms with van der Waals surface area (Å²) in [5.74, 6) is -0.525. The van der Waals surface area contributed by atoms with Gasteiger partial charge in [-0.25, -0.2) is 9.78 Å². The van der Waals surface area contributed by atoms with Gasteiger partial charge in [-0.15, -0.1) is 11.3 Å². The zero-order valence-corrected chi connectivity index (χ0v) is 15.0. The molecule has 136 valence electrons. The van der Waals surface area contributed by atoms with Crippen molar-refractivity contribution >= 4 is 29.2 Å². The van der Waals surface area contributed by atoms with Crippen LogP contribution in [0.2, 0.25) is 0 Å². The molecule has 0 bridgehead atoms. The average Bonchev–Trinajstić information content (AvgIpc) is 3.28. The van der Waals surface area contributed by atoms with Crippen LogP contribution in [0.3, 0.4) is 0 Å². The number of aromatic nitrogens is 1. The summed E-state index contributed by atoms with van der Waals surface area (Å²) < 4.78 is 4.94. The number of alkyl carbamates (subject to hydrolysis) is 1. The Kier molecular flexibility index (Phi) is 5.22. The Hall–Kier alpha value is -2.16. The summed E-state index contributed by atoms with van der Waals surface area (Å²) in [6.45, 7) is 4.35. The predicted octanol–water partition coefficient (Wildman–Crippen LogP) is 0.678. The van der Waals surface area contributed by atoms with Crippen molar-refractivity contribution < 1.29 is 19.1 Å². The van der Waals surface area contributed by atoms with Gasteiger partial charge in [0.2, 0.25) is 11.8 Å². The number of nitrogens with zero attached hydrogens (tertiary/aromatic N) is 2. The molecule has 4 atom stereocenters. The molecule has 3 heterocycles. The van der Waals surface area contributed by atoms with E-state index in [1.165, 1.54) is 11.3 Å². The number of cyclic esters (lactones) is 1. The smallest absolute Gasteiger partial charge is 0.408 e. The van der Waals surface area contributed by atoms with Gasteiger partial charge in [-0.1, -0.05) is 0 Å². The first-order valence-electron chi connectivity index (χ1n) is 8.40. The van der Waals surface area contributed by atoms with Crippen molar-refractivity contribution in [2.75, 3.05) is 6.54 Å². The summed E-state index contributed by atoms with van der Waals surface area (Å²) in [7, 11) is 0. The van der Waals surface area contributed by atoms with Gasteiger partial charge in [0.1, 0.15) is 18.2 Å². The van der Waals surface area contributed by atoms with E-state index in [0.717, 1.165) is 18.5 Å². The maximum absolute atomic E-state index is 12.9. The summed E-state index contributed by atoms with van der Waals surface area (Å²) in [5, 5.41) is 7.12. The molecule has 2 aliphatic heterocycles. The fourth-order valence-electron chi connectivity index (χ4n) is 3.26. The number of rotatable bonds is 5. The number of hydrogen-bond donors (Lipinski definition) is 2. The molecule has 2 aliphatic rings. The number of nitrogens with one attached hydrogen (secondary N) is 2. The number of ether oxygens (including phenoxy) is 1. The van der Waals surface area contributed by atoms with Gasteiger partial charge < -0.3 is 20.3 Å². The van der Waals surface area contributed by atoms with Crippen LogP contribution in [-0.4, -0.2) is 58.6 Å². The Morgan fingerprint density at radius 2 is 2.32 bits per heavy atom. The molecular weight excluding hydrogens is 344 g/mol. The lowest BCUT2D eigenvalue weighted by atomic mass is 10.1. The Bertz CT molecular complexity index is 651. The molecule has 2 fully saturated rings. The van der Waals surface area contributed by atoms with E-state index in [1.54, 1.807) is 12.4 Å². The number of carbonyl (C=O) groups is 3. The molecule has 1 aromatic rings. The number of hydrogen-bond acceptors (Lipinski definition) is 6. The highest BCUT2D eigenvalue weighted by Crippen LogP contribution is 2.19. The van der Waals surface area contributed by atoms with Crippen LogP contribution in [0.5, 0.6) is 0 Å². The summed E-state index contributed by atoms with van der Waals surface area (Å²) in [6, 6.07) is -1.34. The maximum Gasteiger partial charge on any atom is 0.408 e. The second-order valence-electron chi connectivity index (χ2n) is 6.50. The van der Waals surface area contributed by atoms with E-state index in [0.29, 0.717) is 13.0 Å². The molecule has 0 aromatic carbocycles. The summed E-state index contributed by atoms with van der Waals surface area (Å²) in [5.41, 5.74) is 2.46. The van der Waals surface area contributed by atoms with E-state index in [4.69, 9.17) is 4.74 Å². The Labute approximate surface area is 149 Å². The van der Waals surface area contributed by atoms with Crippen LogP contribution < -0.4 is 10.6 Å². The van der Waals surface area contributed by atoms with Crippen molar-refractivity contribution in [2.45, 2.75) is 57.3 Å². The molecule has 3 amide bonds. The van der Waals surface area contributed by atoms with Crippen LogP contribution >= 0.6 is 11.3 Å². The molecule has 0 aliphatic carbocycles. The van der Waals surface area contributed by atoms with Crippen LogP contribution in [0.25, 0.3) is 0 Å². The summed E-state index contributed by atoms with van der Waals surface area (Å²) in [4.78, 5) is 42.8. The molecule has 3 rings (SSSR count). The zero-order chi connectivity index (χ0) is 18.0. The van der Waals surface area contributed by atoms with Crippen LogP contribution in [0.4, 0.5) is 4.79 Å². The van der Waals surface area contributed by atoms with Crippen LogP contribution in [0.1, 0.15) is 32.4 Å². The van der Waals surface area contributed by atoms with Gasteiger partial charge in [0.25, 0.3) is 0 Å². The highest BCUT2D eigenvalue weighted by atomic mass is 32.1. The highest BCUT2D eigenvalue weighted by Gasteiger charge is 2.39. The molecule has 0 radical (unpaired) electrons. The van der Waals surface area contributed by atoms with E-state index >= 15 is 0 Å². The normalized spacial score (nSPS) is 26.9. The second-order valence-corrected chi connectivity index (χ2v) is 7.22. The van der Waals surface area contributed by atoms with E-state index < -0.39 is 30.2 Å². The molecule has 8 nitrogen and oxygen atoms in total.